The molecule has 2 fully saturated rings. The zero-order chi connectivity index (χ0) is 17.4. The largest absolute Gasteiger partial charge is 0.338 e. The van der Waals surface area contributed by atoms with Crippen LogP contribution in [-0.4, -0.2) is 56.6 Å². The first-order chi connectivity index (χ1) is 12.2. The fraction of sp³-hybridized carbons (Fsp3) is 0.556. The Kier molecular flexibility index (Phi) is 4.15. The fourth-order valence-corrected chi connectivity index (χ4v) is 4.07. The minimum Gasteiger partial charge on any atom is -0.338 e. The molecule has 4 heterocycles. The van der Waals surface area contributed by atoms with E-state index in [9.17, 15) is 4.79 Å². The van der Waals surface area contributed by atoms with Gasteiger partial charge in [-0.15, -0.1) is 0 Å². The summed E-state index contributed by atoms with van der Waals surface area (Å²) < 4.78 is 0. The van der Waals surface area contributed by atoms with Crippen molar-refractivity contribution in [2.45, 2.75) is 39.2 Å². The van der Waals surface area contributed by atoms with Crippen molar-refractivity contribution in [2.24, 2.45) is 5.92 Å². The van der Waals surface area contributed by atoms with Crippen LogP contribution in [0.1, 0.15) is 41.5 Å². The number of H-pyrrole nitrogens is 1. The zero-order valence-electron chi connectivity index (χ0n) is 14.8. The summed E-state index contributed by atoms with van der Waals surface area (Å²) in [6.45, 7) is 6.67. The predicted molar refractivity (Wildman–Crippen MR) is 94.5 cm³/mol. The van der Waals surface area contributed by atoms with Gasteiger partial charge in [0, 0.05) is 37.2 Å². The first-order valence-electron chi connectivity index (χ1n) is 9.05. The second-order valence-electron chi connectivity index (χ2n) is 7.01. The minimum atomic E-state index is 0.0738. The molecule has 7 nitrogen and oxygen atoms in total. The van der Waals surface area contributed by atoms with E-state index < -0.39 is 0 Å². The average Bonchev–Trinajstić information content (AvgIpc) is 3.29. The smallest absolute Gasteiger partial charge is 0.257 e. The summed E-state index contributed by atoms with van der Waals surface area (Å²) in [4.78, 5) is 26.4. The van der Waals surface area contributed by atoms with Gasteiger partial charge in [0.2, 0.25) is 5.95 Å². The van der Waals surface area contributed by atoms with Gasteiger partial charge in [0.25, 0.3) is 5.91 Å². The Morgan fingerprint density at radius 2 is 2.24 bits per heavy atom. The normalized spacial score (nSPS) is 23.0. The maximum atomic E-state index is 12.8. The Morgan fingerprint density at radius 3 is 3.00 bits per heavy atom. The number of piperidine rings is 1. The number of nitrogens with zero attached hydrogens (tertiary/aromatic N) is 5. The number of likely N-dealkylation sites (tertiary alicyclic amines) is 1. The molecule has 2 atom stereocenters. The number of hydrogen-bond donors (Lipinski definition) is 1. The number of rotatable bonds is 3. The van der Waals surface area contributed by atoms with E-state index in [2.05, 4.69) is 27.0 Å². The molecule has 0 radical (unpaired) electrons. The molecular weight excluding hydrogens is 316 g/mol. The van der Waals surface area contributed by atoms with Crippen molar-refractivity contribution in [3.05, 3.63) is 35.4 Å². The number of aromatic amines is 1. The highest BCUT2D eigenvalue weighted by atomic mass is 16.2. The van der Waals surface area contributed by atoms with Crippen molar-refractivity contribution in [3.8, 4) is 0 Å². The number of amides is 1. The number of aryl methyl sites for hydroxylation is 2. The molecule has 2 aromatic rings. The van der Waals surface area contributed by atoms with Gasteiger partial charge in [-0.1, -0.05) is 6.92 Å². The van der Waals surface area contributed by atoms with Crippen LogP contribution in [0.15, 0.2) is 18.5 Å². The van der Waals surface area contributed by atoms with Gasteiger partial charge in [-0.3, -0.25) is 9.89 Å². The number of carbonyl (C=O) groups excluding carboxylic acids is 1. The molecule has 0 aromatic carbocycles. The van der Waals surface area contributed by atoms with Gasteiger partial charge in [0.15, 0.2) is 0 Å². The van der Waals surface area contributed by atoms with E-state index in [4.69, 9.17) is 4.98 Å². The van der Waals surface area contributed by atoms with E-state index in [1.54, 1.807) is 12.4 Å². The first-order valence-corrected chi connectivity index (χ1v) is 9.05. The highest BCUT2D eigenvalue weighted by Crippen LogP contribution is 2.33. The average molecular weight is 340 g/mol. The second kappa shape index (κ2) is 6.46. The molecular formula is C18H24N6O. The lowest BCUT2D eigenvalue weighted by Crippen LogP contribution is -2.48. The van der Waals surface area contributed by atoms with E-state index in [0.29, 0.717) is 11.5 Å². The third kappa shape index (κ3) is 2.99. The monoisotopic (exact) mass is 340 g/mol. The summed E-state index contributed by atoms with van der Waals surface area (Å²) in [6.07, 6.45) is 6.39. The van der Waals surface area contributed by atoms with Gasteiger partial charge < -0.3 is 9.80 Å². The van der Waals surface area contributed by atoms with Crippen LogP contribution in [0.4, 0.5) is 5.95 Å². The number of fused-ring (bicyclic) bond motifs is 1. The van der Waals surface area contributed by atoms with Crippen LogP contribution >= 0.6 is 0 Å². The third-order valence-corrected chi connectivity index (χ3v) is 5.33. The van der Waals surface area contributed by atoms with Gasteiger partial charge >= 0.3 is 0 Å². The molecule has 0 spiro atoms. The third-order valence-electron chi connectivity index (χ3n) is 5.33. The summed E-state index contributed by atoms with van der Waals surface area (Å²) >= 11 is 0. The number of anilines is 1. The highest BCUT2D eigenvalue weighted by Gasteiger charge is 2.42. The summed E-state index contributed by atoms with van der Waals surface area (Å²) in [6, 6.07) is 2.27. The molecule has 2 aliphatic rings. The van der Waals surface area contributed by atoms with Crippen LogP contribution in [-0.2, 0) is 6.42 Å². The highest BCUT2D eigenvalue weighted by molar-refractivity contribution is 5.94. The maximum absolute atomic E-state index is 12.8. The Balaban J connectivity index is 1.57. The summed E-state index contributed by atoms with van der Waals surface area (Å²) in [7, 11) is 0. The van der Waals surface area contributed by atoms with Crippen molar-refractivity contribution in [2.75, 3.05) is 24.5 Å². The first kappa shape index (κ1) is 16.1. The standard InChI is InChI=1S/C18H24N6O/c1-3-15-7-12(2)21-18(22-15)23-10-13-5-4-6-24(16(13)11-23)17(25)14-8-19-20-9-14/h7-9,13,16H,3-6,10-11H2,1-2H3,(H,19,20)/t13-,16+/m0/s1. The SMILES string of the molecule is CCc1cc(C)nc(N2C[C@@H]3CCCN(C(=O)c4cn[nH]c4)[C@@H]3C2)n1. The molecule has 25 heavy (non-hydrogen) atoms. The molecule has 1 amide bonds. The number of nitrogens with one attached hydrogen (secondary N) is 1. The lowest BCUT2D eigenvalue weighted by molar-refractivity contribution is 0.0575. The van der Waals surface area contributed by atoms with Crippen LogP contribution in [0, 0.1) is 12.8 Å². The Morgan fingerprint density at radius 1 is 1.36 bits per heavy atom. The molecule has 0 saturated carbocycles. The van der Waals surface area contributed by atoms with E-state index in [-0.39, 0.29) is 11.9 Å². The molecule has 2 aliphatic heterocycles. The van der Waals surface area contributed by atoms with Gasteiger partial charge in [0.1, 0.15) is 0 Å². The molecule has 4 rings (SSSR count). The fourth-order valence-electron chi connectivity index (χ4n) is 4.07. The van der Waals surface area contributed by atoms with E-state index in [0.717, 1.165) is 56.2 Å². The molecule has 7 heteroatoms. The summed E-state index contributed by atoms with van der Waals surface area (Å²) in [5.74, 6) is 1.37. The van der Waals surface area contributed by atoms with Gasteiger partial charge in [0.05, 0.1) is 17.8 Å². The van der Waals surface area contributed by atoms with E-state index in [1.165, 1.54) is 0 Å². The van der Waals surface area contributed by atoms with Crippen LogP contribution < -0.4 is 4.90 Å². The van der Waals surface area contributed by atoms with Crippen LogP contribution in [0.3, 0.4) is 0 Å². The zero-order valence-corrected chi connectivity index (χ0v) is 14.8. The van der Waals surface area contributed by atoms with Crippen molar-refractivity contribution in [1.82, 2.24) is 25.1 Å². The number of aromatic nitrogens is 4. The summed E-state index contributed by atoms with van der Waals surface area (Å²) in [5, 5.41) is 6.65. The second-order valence-corrected chi connectivity index (χ2v) is 7.01. The minimum absolute atomic E-state index is 0.0738. The maximum Gasteiger partial charge on any atom is 0.257 e. The van der Waals surface area contributed by atoms with E-state index >= 15 is 0 Å². The van der Waals surface area contributed by atoms with Gasteiger partial charge in [-0.2, -0.15) is 5.10 Å². The van der Waals surface area contributed by atoms with Crippen molar-refractivity contribution in [1.29, 1.82) is 0 Å². The predicted octanol–water partition coefficient (Wildman–Crippen LogP) is 1.81. The molecule has 132 valence electrons. The van der Waals surface area contributed by atoms with Crippen molar-refractivity contribution < 1.29 is 4.79 Å². The number of carbonyl (C=O) groups is 1. The van der Waals surface area contributed by atoms with Crippen LogP contribution in [0.2, 0.25) is 0 Å². The lowest BCUT2D eigenvalue weighted by atomic mass is 9.91. The number of hydrogen-bond acceptors (Lipinski definition) is 5. The van der Waals surface area contributed by atoms with Gasteiger partial charge in [-0.25, -0.2) is 9.97 Å². The Labute approximate surface area is 147 Å². The van der Waals surface area contributed by atoms with Crippen LogP contribution in [0.25, 0.3) is 0 Å². The quantitative estimate of drug-likeness (QED) is 0.922. The molecule has 0 bridgehead atoms. The summed E-state index contributed by atoms with van der Waals surface area (Å²) in [5.41, 5.74) is 2.71. The Hall–Kier alpha value is -2.44. The lowest BCUT2D eigenvalue weighted by Gasteiger charge is -2.36. The van der Waals surface area contributed by atoms with Gasteiger partial charge in [-0.05, 0) is 38.2 Å². The molecule has 1 N–H and O–H groups in total. The molecule has 2 aromatic heterocycles. The molecule has 2 saturated heterocycles. The van der Waals surface area contributed by atoms with Crippen molar-refractivity contribution >= 4 is 11.9 Å². The van der Waals surface area contributed by atoms with Crippen molar-refractivity contribution in [3.63, 3.8) is 0 Å². The molecule has 0 aliphatic carbocycles. The van der Waals surface area contributed by atoms with E-state index in [1.807, 2.05) is 17.9 Å². The van der Waals surface area contributed by atoms with Crippen LogP contribution in [0.5, 0.6) is 0 Å². The topological polar surface area (TPSA) is 78.0 Å². The Bertz CT molecular complexity index is 759. The molecule has 0 unspecified atom stereocenters.